The van der Waals surface area contributed by atoms with Crippen LogP contribution in [0.2, 0.25) is 10.0 Å². The minimum Gasteiger partial charge on any atom is -0.394 e. The zero-order chi connectivity index (χ0) is 14.8. The molecule has 2 rings (SSSR count). The highest BCUT2D eigenvalue weighted by atomic mass is 35.5. The van der Waals surface area contributed by atoms with E-state index in [9.17, 15) is 9.59 Å². The first-order chi connectivity index (χ1) is 9.46. The van der Waals surface area contributed by atoms with Gasteiger partial charge in [0.1, 0.15) is 0 Å². The second kappa shape index (κ2) is 5.99. The molecule has 1 aliphatic carbocycles. The summed E-state index contributed by atoms with van der Waals surface area (Å²) in [6.07, 6.45) is 1.51. The van der Waals surface area contributed by atoms with E-state index < -0.39 is 11.4 Å². The van der Waals surface area contributed by atoms with Gasteiger partial charge in [-0.2, -0.15) is 0 Å². The molecule has 0 radical (unpaired) electrons. The number of aliphatic hydroxyl groups is 1. The lowest BCUT2D eigenvalue weighted by atomic mass is 10.2. The largest absolute Gasteiger partial charge is 0.394 e. The molecule has 108 valence electrons. The first-order valence-corrected chi connectivity index (χ1v) is 6.86. The molecule has 0 unspecified atom stereocenters. The van der Waals surface area contributed by atoms with Crippen LogP contribution < -0.4 is 10.6 Å². The van der Waals surface area contributed by atoms with Crippen molar-refractivity contribution >= 4 is 35.0 Å². The number of hydrogen-bond donors (Lipinski definition) is 3. The third kappa shape index (κ3) is 3.62. The van der Waals surface area contributed by atoms with Crippen LogP contribution >= 0.6 is 23.2 Å². The molecular weight excluding hydrogens is 303 g/mol. The van der Waals surface area contributed by atoms with Crippen molar-refractivity contribution in [1.82, 2.24) is 10.6 Å². The molecule has 20 heavy (non-hydrogen) atoms. The van der Waals surface area contributed by atoms with Crippen molar-refractivity contribution in [2.75, 3.05) is 13.2 Å². The summed E-state index contributed by atoms with van der Waals surface area (Å²) in [5, 5.41) is 14.9. The van der Waals surface area contributed by atoms with Crippen molar-refractivity contribution in [3.05, 3.63) is 33.8 Å². The monoisotopic (exact) mass is 316 g/mol. The van der Waals surface area contributed by atoms with Crippen molar-refractivity contribution in [1.29, 1.82) is 0 Å². The molecule has 0 aromatic heterocycles. The first-order valence-electron chi connectivity index (χ1n) is 6.11. The molecule has 3 N–H and O–H groups in total. The summed E-state index contributed by atoms with van der Waals surface area (Å²) < 4.78 is 0. The van der Waals surface area contributed by atoms with Gasteiger partial charge >= 0.3 is 0 Å². The number of carbonyl (C=O) groups is 2. The van der Waals surface area contributed by atoms with Gasteiger partial charge in [-0.25, -0.2) is 0 Å². The highest BCUT2D eigenvalue weighted by Crippen LogP contribution is 2.34. The van der Waals surface area contributed by atoms with Gasteiger partial charge in [-0.3, -0.25) is 9.59 Å². The van der Waals surface area contributed by atoms with E-state index in [1.807, 2.05) is 0 Å². The molecule has 1 saturated carbocycles. The summed E-state index contributed by atoms with van der Waals surface area (Å²) in [6, 6.07) is 4.50. The SMILES string of the molecule is O=C(CNC(=O)c1ccc(Cl)cc1Cl)NC1(CO)CC1. The summed E-state index contributed by atoms with van der Waals surface area (Å²) in [6.45, 7) is -0.255. The van der Waals surface area contributed by atoms with Crippen LogP contribution in [0, 0.1) is 0 Å². The number of nitrogens with one attached hydrogen (secondary N) is 2. The van der Waals surface area contributed by atoms with Crippen LogP contribution in [0.25, 0.3) is 0 Å². The lowest BCUT2D eigenvalue weighted by Crippen LogP contribution is -2.45. The number of aliphatic hydroxyl groups excluding tert-OH is 1. The lowest BCUT2D eigenvalue weighted by molar-refractivity contribution is -0.121. The van der Waals surface area contributed by atoms with Crippen LogP contribution in [-0.4, -0.2) is 35.6 Å². The van der Waals surface area contributed by atoms with Crippen molar-refractivity contribution in [2.45, 2.75) is 18.4 Å². The van der Waals surface area contributed by atoms with Gasteiger partial charge in [0.15, 0.2) is 0 Å². The standard InChI is InChI=1S/C13H14Cl2N2O3/c14-8-1-2-9(10(15)5-8)12(20)16-6-11(19)17-13(7-18)3-4-13/h1-2,5,18H,3-4,6-7H2,(H,16,20)(H,17,19). The lowest BCUT2D eigenvalue weighted by Gasteiger charge is -2.14. The van der Waals surface area contributed by atoms with E-state index in [-0.39, 0.29) is 29.6 Å². The van der Waals surface area contributed by atoms with Crippen molar-refractivity contribution in [3.8, 4) is 0 Å². The van der Waals surface area contributed by atoms with Gasteiger partial charge in [0.2, 0.25) is 5.91 Å². The maximum Gasteiger partial charge on any atom is 0.253 e. The zero-order valence-electron chi connectivity index (χ0n) is 10.6. The molecule has 1 aromatic rings. The average molecular weight is 317 g/mol. The van der Waals surface area contributed by atoms with E-state index in [0.717, 1.165) is 12.8 Å². The Labute approximate surface area is 126 Å². The minimum atomic E-state index is -0.486. The molecule has 0 bridgehead atoms. The molecule has 0 atom stereocenters. The number of carbonyl (C=O) groups excluding carboxylic acids is 2. The van der Waals surface area contributed by atoms with Gasteiger partial charge in [0, 0.05) is 5.02 Å². The van der Waals surface area contributed by atoms with E-state index in [1.165, 1.54) is 12.1 Å². The highest BCUT2D eigenvalue weighted by molar-refractivity contribution is 6.36. The molecule has 1 fully saturated rings. The Bertz CT molecular complexity index is 544. The zero-order valence-corrected chi connectivity index (χ0v) is 12.1. The second-order valence-corrected chi connectivity index (χ2v) is 5.64. The molecule has 0 spiro atoms. The van der Waals surface area contributed by atoms with E-state index in [4.69, 9.17) is 28.3 Å². The number of rotatable bonds is 5. The predicted octanol–water partition coefficient (Wildman–Crippen LogP) is 1.36. The Morgan fingerprint density at radius 3 is 2.55 bits per heavy atom. The quantitative estimate of drug-likeness (QED) is 0.767. The number of halogens is 2. The third-order valence-electron chi connectivity index (χ3n) is 3.15. The van der Waals surface area contributed by atoms with E-state index in [0.29, 0.717) is 5.02 Å². The van der Waals surface area contributed by atoms with E-state index >= 15 is 0 Å². The maximum absolute atomic E-state index is 11.9. The molecular formula is C13H14Cl2N2O3. The van der Waals surface area contributed by atoms with Crippen LogP contribution in [0.1, 0.15) is 23.2 Å². The molecule has 0 heterocycles. The Balaban J connectivity index is 1.87. The Kier molecular flexibility index (Phi) is 4.52. The second-order valence-electron chi connectivity index (χ2n) is 4.79. The highest BCUT2D eigenvalue weighted by Gasteiger charge is 2.43. The molecule has 2 amide bonds. The summed E-state index contributed by atoms with van der Waals surface area (Å²) >= 11 is 11.6. The van der Waals surface area contributed by atoms with Gasteiger partial charge in [-0.15, -0.1) is 0 Å². The Morgan fingerprint density at radius 2 is 2.00 bits per heavy atom. The molecule has 0 aliphatic heterocycles. The minimum absolute atomic E-state index is 0.0876. The third-order valence-corrected chi connectivity index (χ3v) is 3.69. The average Bonchev–Trinajstić information content (AvgIpc) is 3.16. The first kappa shape index (κ1) is 15.1. The van der Waals surface area contributed by atoms with Crippen LogP contribution in [0.3, 0.4) is 0 Å². The maximum atomic E-state index is 11.9. The molecule has 5 nitrogen and oxygen atoms in total. The van der Waals surface area contributed by atoms with Gasteiger partial charge in [0.05, 0.1) is 29.3 Å². The Morgan fingerprint density at radius 1 is 1.30 bits per heavy atom. The molecule has 1 aromatic carbocycles. The van der Waals surface area contributed by atoms with Crippen LogP contribution in [0.15, 0.2) is 18.2 Å². The van der Waals surface area contributed by atoms with Crippen LogP contribution in [-0.2, 0) is 4.79 Å². The fraction of sp³-hybridized carbons (Fsp3) is 0.385. The smallest absolute Gasteiger partial charge is 0.253 e. The fourth-order valence-electron chi connectivity index (χ4n) is 1.74. The number of hydrogen-bond acceptors (Lipinski definition) is 3. The van der Waals surface area contributed by atoms with E-state index in [2.05, 4.69) is 10.6 Å². The van der Waals surface area contributed by atoms with Crippen LogP contribution in [0.4, 0.5) is 0 Å². The summed E-state index contributed by atoms with van der Waals surface area (Å²) in [5.41, 5.74) is -0.230. The van der Waals surface area contributed by atoms with Crippen molar-refractivity contribution < 1.29 is 14.7 Å². The van der Waals surface area contributed by atoms with Gasteiger partial charge in [-0.05, 0) is 31.0 Å². The number of amides is 2. The van der Waals surface area contributed by atoms with Crippen LogP contribution in [0.5, 0.6) is 0 Å². The Hall–Kier alpha value is -1.30. The fourth-order valence-corrected chi connectivity index (χ4v) is 2.24. The van der Waals surface area contributed by atoms with Crippen molar-refractivity contribution in [3.63, 3.8) is 0 Å². The summed E-state index contributed by atoms with van der Waals surface area (Å²) in [4.78, 5) is 23.5. The normalized spacial score (nSPS) is 15.6. The van der Waals surface area contributed by atoms with Gasteiger partial charge in [-0.1, -0.05) is 23.2 Å². The summed E-state index contributed by atoms with van der Waals surface area (Å²) in [5.74, 6) is -0.786. The van der Waals surface area contributed by atoms with E-state index in [1.54, 1.807) is 6.07 Å². The van der Waals surface area contributed by atoms with Gasteiger partial charge in [0.25, 0.3) is 5.91 Å². The van der Waals surface area contributed by atoms with Crippen molar-refractivity contribution in [2.24, 2.45) is 0 Å². The molecule has 0 saturated heterocycles. The predicted molar refractivity (Wildman–Crippen MR) is 76.0 cm³/mol. The summed E-state index contributed by atoms with van der Waals surface area (Å²) in [7, 11) is 0. The molecule has 7 heteroatoms. The number of benzene rings is 1. The van der Waals surface area contributed by atoms with Gasteiger partial charge < -0.3 is 15.7 Å². The topological polar surface area (TPSA) is 78.4 Å². The molecule has 1 aliphatic rings.